The molecule has 19 heavy (non-hydrogen) atoms. The normalized spacial score (nSPS) is 20.9. The molecule has 2 N–H and O–H groups in total. The maximum Gasteiger partial charge on any atom is 0.315 e. The molecule has 6 nitrogen and oxygen atoms in total. The Morgan fingerprint density at radius 1 is 1.32 bits per heavy atom. The number of nitrogens with zero attached hydrogens (tertiary/aromatic N) is 1. The molecule has 0 bridgehead atoms. The van der Waals surface area contributed by atoms with E-state index in [-0.39, 0.29) is 23.5 Å². The topological polar surface area (TPSA) is 88.2 Å². The number of hydrogen-bond acceptors (Lipinski definition) is 4. The van der Waals surface area contributed by atoms with Crippen molar-refractivity contribution < 1.29 is 13.2 Å². The van der Waals surface area contributed by atoms with Crippen molar-refractivity contribution in [3.63, 3.8) is 0 Å². The van der Waals surface area contributed by atoms with Gasteiger partial charge in [-0.15, -0.1) is 0 Å². The minimum atomic E-state index is -2.88. The first kappa shape index (κ1) is 13.8. The molecule has 1 aliphatic heterocycles. The molecule has 0 saturated carbocycles. The molecular formula is C12H17N3O3S. The Balaban J connectivity index is 1.68. The summed E-state index contributed by atoms with van der Waals surface area (Å²) in [5.74, 6) is 0.451. The summed E-state index contributed by atoms with van der Waals surface area (Å²) in [5.41, 5.74) is 0.966. The molecule has 1 aromatic heterocycles. The number of carbonyl (C=O) groups is 1. The quantitative estimate of drug-likeness (QED) is 0.832. The summed E-state index contributed by atoms with van der Waals surface area (Å²) >= 11 is 0. The fraction of sp³-hybridized carbons (Fsp3) is 0.500. The summed E-state index contributed by atoms with van der Waals surface area (Å²) in [6.07, 6.45) is 3.96. The Kier molecular flexibility index (Phi) is 4.36. The summed E-state index contributed by atoms with van der Waals surface area (Å²) < 4.78 is 22.5. The molecule has 0 aromatic carbocycles. The van der Waals surface area contributed by atoms with Gasteiger partial charge in [0.05, 0.1) is 11.5 Å². The summed E-state index contributed by atoms with van der Waals surface area (Å²) in [6.45, 7) is 0.832. The Labute approximate surface area is 112 Å². The highest BCUT2D eigenvalue weighted by Gasteiger charge is 2.27. The third-order valence-electron chi connectivity index (χ3n) is 3.08. The first-order chi connectivity index (χ1) is 9.05. The van der Waals surface area contributed by atoms with E-state index in [1.807, 2.05) is 12.1 Å². The number of pyridine rings is 1. The van der Waals surface area contributed by atoms with Gasteiger partial charge in [-0.25, -0.2) is 13.2 Å². The molecule has 1 saturated heterocycles. The molecule has 2 heterocycles. The second-order valence-corrected chi connectivity index (χ2v) is 6.92. The smallest absolute Gasteiger partial charge is 0.315 e. The number of sulfone groups is 1. The van der Waals surface area contributed by atoms with Crippen LogP contribution in [0.3, 0.4) is 0 Å². The lowest BCUT2D eigenvalue weighted by Gasteiger charge is -2.10. The van der Waals surface area contributed by atoms with Gasteiger partial charge in [0.25, 0.3) is 0 Å². The van der Waals surface area contributed by atoms with E-state index in [4.69, 9.17) is 0 Å². The van der Waals surface area contributed by atoms with E-state index in [2.05, 4.69) is 15.6 Å². The standard InChI is InChI=1S/C12H17N3O3S/c16-12(14-7-10-1-4-13-5-2-10)15-8-11-3-6-19(17,18)9-11/h1-2,4-5,11H,3,6-9H2,(H2,14,15,16). The average Bonchev–Trinajstić information content (AvgIpc) is 2.75. The van der Waals surface area contributed by atoms with Crippen LogP contribution < -0.4 is 10.6 Å². The maximum atomic E-state index is 11.5. The maximum absolute atomic E-state index is 11.5. The second-order valence-electron chi connectivity index (χ2n) is 4.69. The number of aromatic nitrogens is 1. The van der Waals surface area contributed by atoms with E-state index in [0.29, 0.717) is 19.5 Å². The van der Waals surface area contributed by atoms with Crippen molar-refractivity contribution in [2.75, 3.05) is 18.1 Å². The Morgan fingerprint density at radius 2 is 2.05 bits per heavy atom. The zero-order valence-corrected chi connectivity index (χ0v) is 11.3. The van der Waals surface area contributed by atoms with Crippen LogP contribution in [0.1, 0.15) is 12.0 Å². The van der Waals surface area contributed by atoms with Gasteiger partial charge in [0, 0.05) is 25.5 Å². The number of amides is 2. The zero-order valence-electron chi connectivity index (χ0n) is 10.5. The zero-order chi connectivity index (χ0) is 13.7. The van der Waals surface area contributed by atoms with E-state index < -0.39 is 9.84 Å². The van der Waals surface area contributed by atoms with Gasteiger partial charge >= 0.3 is 6.03 Å². The van der Waals surface area contributed by atoms with Gasteiger partial charge in [0.15, 0.2) is 9.84 Å². The molecular weight excluding hydrogens is 266 g/mol. The van der Waals surface area contributed by atoms with Crippen LogP contribution in [0.5, 0.6) is 0 Å². The lowest BCUT2D eigenvalue weighted by atomic mass is 10.1. The fourth-order valence-corrected chi connectivity index (χ4v) is 3.88. The van der Waals surface area contributed by atoms with Crippen LogP contribution in [0, 0.1) is 5.92 Å². The molecule has 1 aliphatic rings. The number of urea groups is 1. The molecule has 104 valence electrons. The van der Waals surface area contributed by atoms with Gasteiger partial charge in [-0.3, -0.25) is 4.98 Å². The van der Waals surface area contributed by atoms with E-state index >= 15 is 0 Å². The predicted octanol–water partition coefficient (Wildman–Crippen LogP) is 0.316. The monoisotopic (exact) mass is 283 g/mol. The highest BCUT2D eigenvalue weighted by Crippen LogP contribution is 2.17. The van der Waals surface area contributed by atoms with Crippen LogP contribution in [0.15, 0.2) is 24.5 Å². The van der Waals surface area contributed by atoms with Crippen LogP contribution in [-0.4, -0.2) is 37.5 Å². The van der Waals surface area contributed by atoms with Crippen LogP contribution in [0.4, 0.5) is 4.79 Å². The first-order valence-corrected chi connectivity index (χ1v) is 7.98. The van der Waals surface area contributed by atoms with Crippen LogP contribution in [-0.2, 0) is 16.4 Å². The van der Waals surface area contributed by atoms with Crippen molar-refractivity contribution in [2.45, 2.75) is 13.0 Å². The van der Waals surface area contributed by atoms with E-state index in [1.54, 1.807) is 12.4 Å². The molecule has 0 radical (unpaired) electrons. The highest BCUT2D eigenvalue weighted by atomic mass is 32.2. The minimum absolute atomic E-state index is 0.0386. The Morgan fingerprint density at radius 3 is 2.68 bits per heavy atom. The average molecular weight is 283 g/mol. The third-order valence-corrected chi connectivity index (χ3v) is 4.92. The van der Waals surface area contributed by atoms with Gasteiger partial charge in [-0.1, -0.05) is 0 Å². The molecule has 1 aromatic rings. The third kappa shape index (κ3) is 4.51. The van der Waals surface area contributed by atoms with E-state index in [9.17, 15) is 13.2 Å². The molecule has 1 atom stereocenters. The summed E-state index contributed by atoms with van der Waals surface area (Å²) in [7, 11) is -2.88. The molecule has 7 heteroatoms. The van der Waals surface area contributed by atoms with Gasteiger partial charge in [0.2, 0.25) is 0 Å². The Bertz CT molecular complexity index is 530. The molecule has 1 fully saturated rings. The van der Waals surface area contributed by atoms with Crippen LogP contribution in [0.25, 0.3) is 0 Å². The largest absolute Gasteiger partial charge is 0.338 e. The lowest BCUT2D eigenvalue weighted by molar-refractivity contribution is 0.239. The number of carbonyl (C=O) groups excluding carboxylic acids is 1. The number of nitrogens with one attached hydrogen (secondary N) is 2. The van der Waals surface area contributed by atoms with Gasteiger partial charge in [0.1, 0.15) is 0 Å². The molecule has 2 rings (SSSR count). The van der Waals surface area contributed by atoms with Crippen molar-refractivity contribution >= 4 is 15.9 Å². The van der Waals surface area contributed by atoms with Crippen molar-refractivity contribution in [2.24, 2.45) is 5.92 Å². The molecule has 0 spiro atoms. The van der Waals surface area contributed by atoms with Crippen molar-refractivity contribution in [1.29, 1.82) is 0 Å². The van der Waals surface area contributed by atoms with Gasteiger partial charge < -0.3 is 10.6 Å². The van der Waals surface area contributed by atoms with E-state index in [0.717, 1.165) is 5.56 Å². The summed E-state index contributed by atoms with van der Waals surface area (Å²) in [6, 6.07) is 3.37. The minimum Gasteiger partial charge on any atom is -0.338 e. The van der Waals surface area contributed by atoms with Crippen molar-refractivity contribution in [3.8, 4) is 0 Å². The van der Waals surface area contributed by atoms with Crippen molar-refractivity contribution in [1.82, 2.24) is 15.6 Å². The SMILES string of the molecule is O=C(NCc1ccncc1)NCC1CCS(=O)(=O)C1. The highest BCUT2D eigenvalue weighted by molar-refractivity contribution is 7.91. The van der Waals surface area contributed by atoms with Crippen LogP contribution in [0.2, 0.25) is 0 Å². The number of hydrogen-bond donors (Lipinski definition) is 2. The fourth-order valence-electron chi connectivity index (χ4n) is 2.02. The first-order valence-electron chi connectivity index (χ1n) is 6.16. The second kappa shape index (κ2) is 6.01. The summed E-state index contributed by atoms with van der Waals surface area (Å²) in [5, 5.41) is 5.42. The van der Waals surface area contributed by atoms with Gasteiger partial charge in [-0.2, -0.15) is 0 Å². The lowest BCUT2D eigenvalue weighted by Crippen LogP contribution is -2.38. The molecule has 0 aliphatic carbocycles. The molecule has 1 unspecified atom stereocenters. The van der Waals surface area contributed by atoms with E-state index in [1.165, 1.54) is 0 Å². The van der Waals surface area contributed by atoms with Crippen molar-refractivity contribution in [3.05, 3.63) is 30.1 Å². The number of rotatable bonds is 4. The van der Waals surface area contributed by atoms with Crippen LogP contribution >= 0.6 is 0 Å². The molecule has 2 amide bonds. The summed E-state index contributed by atoms with van der Waals surface area (Å²) in [4.78, 5) is 15.4. The predicted molar refractivity (Wildman–Crippen MR) is 71.2 cm³/mol. The van der Waals surface area contributed by atoms with Gasteiger partial charge in [-0.05, 0) is 30.0 Å². The Hall–Kier alpha value is -1.63.